The van der Waals surface area contributed by atoms with Crippen LogP contribution < -0.4 is 10.2 Å². The summed E-state index contributed by atoms with van der Waals surface area (Å²) in [6.45, 7) is 0. The van der Waals surface area contributed by atoms with Gasteiger partial charge in [-0.05, 0) is 31.4 Å². The molecule has 4 atom stereocenters. The third kappa shape index (κ3) is 3.19. The number of alkyl halides is 1. The molecule has 2 fully saturated rings. The van der Waals surface area contributed by atoms with Crippen molar-refractivity contribution in [2.24, 2.45) is 0 Å². The molecule has 0 amide bonds. The first kappa shape index (κ1) is 18.9. The number of piperidine rings is 1. The third-order valence-electron chi connectivity index (χ3n) is 6.22. The van der Waals surface area contributed by atoms with Gasteiger partial charge in [0.2, 0.25) is 0 Å². The minimum Gasteiger partial charge on any atom is -0.507 e. The van der Waals surface area contributed by atoms with E-state index < -0.39 is 12.0 Å². The fourth-order valence-electron chi connectivity index (χ4n) is 4.55. The van der Waals surface area contributed by atoms with Gasteiger partial charge in [0.15, 0.2) is 0 Å². The number of halogens is 2. The molecule has 1 aromatic carbocycles. The number of rotatable bonds is 4. The van der Waals surface area contributed by atoms with Crippen LogP contribution in [0.5, 0.6) is 5.75 Å². The number of hydrogen-bond donors (Lipinski definition) is 3. The molecule has 2 saturated heterocycles. The van der Waals surface area contributed by atoms with Gasteiger partial charge in [0.1, 0.15) is 23.6 Å². The van der Waals surface area contributed by atoms with Gasteiger partial charge in [0.05, 0.1) is 30.3 Å². The molecule has 4 heterocycles. The van der Waals surface area contributed by atoms with Gasteiger partial charge in [-0.2, -0.15) is 5.10 Å². The largest absolute Gasteiger partial charge is 0.507 e. The second kappa shape index (κ2) is 7.32. The zero-order valence-electron chi connectivity index (χ0n) is 16.4. The topological polar surface area (TPSA) is 90.0 Å². The zero-order chi connectivity index (χ0) is 20.8. The molecule has 5 rings (SSSR count). The van der Waals surface area contributed by atoms with Crippen molar-refractivity contribution < 1.29 is 13.9 Å². The van der Waals surface area contributed by atoms with Crippen molar-refractivity contribution in [2.45, 2.75) is 43.6 Å². The molecule has 0 spiro atoms. The highest BCUT2D eigenvalue weighted by Crippen LogP contribution is 2.36. The molecule has 30 heavy (non-hydrogen) atoms. The van der Waals surface area contributed by atoms with Crippen LogP contribution in [0.25, 0.3) is 22.4 Å². The number of hydrogen-bond acceptors (Lipinski definition) is 6. The zero-order valence-corrected chi connectivity index (χ0v) is 16.4. The first-order valence-electron chi connectivity index (χ1n) is 9.98. The SMILES string of the molecule is CN(c1cnc(-c2cc(F)c(-c3cn[nH]c3)cc2O)cn1)C1CC2CCC(N2)C1F. The maximum absolute atomic E-state index is 14.8. The Morgan fingerprint density at radius 1 is 1.13 bits per heavy atom. The van der Waals surface area contributed by atoms with Gasteiger partial charge < -0.3 is 15.3 Å². The van der Waals surface area contributed by atoms with Crippen LogP contribution in [0.15, 0.2) is 36.9 Å². The molecule has 2 bridgehead atoms. The van der Waals surface area contributed by atoms with Crippen molar-refractivity contribution in [3.8, 4) is 28.1 Å². The average Bonchev–Trinajstić information content (AvgIpc) is 3.42. The second-order valence-electron chi connectivity index (χ2n) is 8.00. The Hall–Kier alpha value is -3.07. The number of nitrogens with one attached hydrogen (secondary N) is 2. The fraction of sp³-hybridized carbons (Fsp3) is 0.381. The maximum atomic E-state index is 14.8. The van der Waals surface area contributed by atoms with Crippen molar-refractivity contribution in [1.29, 1.82) is 0 Å². The van der Waals surface area contributed by atoms with Crippen LogP contribution in [0.1, 0.15) is 19.3 Å². The lowest BCUT2D eigenvalue weighted by Gasteiger charge is -2.38. The molecule has 3 aromatic rings. The molecule has 7 nitrogen and oxygen atoms in total. The van der Waals surface area contributed by atoms with Crippen molar-refractivity contribution in [1.82, 2.24) is 25.5 Å². The number of benzene rings is 1. The van der Waals surface area contributed by atoms with Gasteiger partial charge in [0.25, 0.3) is 0 Å². The lowest BCUT2D eigenvalue weighted by Crippen LogP contribution is -2.55. The maximum Gasteiger partial charge on any atom is 0.147 e. The molecule has 0 saturated carbocycles. The summed E-state index contributed by atoms with van der Waals surface area (Å²) in [5.41, 5.74) is 1.35. The number of anilines is 1. The summed E-state index contributed by atoms with van der Waals surface area (Å²) in [6, 6.07) is 2.56. The van der Waals surface area contributed by atoms with Crippen LogP contribution in [0.3, 0.4) is 0 Å². The molecule has 3 N–H and O–H groups in total. The van der Waals surface area contributed by atoms with E-state index in [1.54, 1.807) is 6.20 Å². The van der Waals surface area contributed by atoms with E-state index in [0.29, 0.717) is 23.1 Å². The van der Waals surface area contributed by atoms with Crippen molar-refractivity contribution in [2.75, 3.05) is 11.9 Å². The van der Waals surface area contributed by atoms with Gasteiger partial charge >= 0.3 is 0 Å². The third-order valence-corrected chi connectivity index (χ3v) is 6.22. The van der Waals surface area contributed by atoms with Crippen LogP contribution >= 0.6 is 0 Å². The molecular weight excluding hydrogens is 390 g/mol. The second-order valence-corrected chi connectivity index (χ2v) is 8.00. The van der Waals surface area contributed by atoms with Crippen LogP contribution in [0.2, 0.25) is 0 Å². The Morgan fingerprint density at radius 3 is 2.73 bits per heavy atom. The summed E-state index contributed by atoms with van der Waals surface area (Å²) in [5.74, 6) is -0.0675. The number of H-pyrrole nitrogens is 1. The van der Waals surface area contributed by atoms with Crippen LogP contribution in [0, 0.1) is 5.82 Å². The molecule has 2 aliphatic heterocycles. The van der Waals surface area contributed by atoms with E-state index in [4.69, 9.17) is 0 Å². The number of aromatic amines is 1. The number of nitrogens with zero attached hydrogens (tertiary/aromatic N) is 4. The van der Waals surface area contributed by atoms with Crippen molar-refractivity contribution in [3.63, 3.8) is 0 Å². The van der Waals surface area contributed by atoms with Gasteiger partial charge in [-0.1, -0.05) is 0 Å². The molecule has 4 unspecified atom stereocenters. The van der Waals surface area contributed by atoms with Crippen LogP contribution in [0.4, 0.5) is 14.6 Å². The monoisotopic (exact) mass is 412 g/mol. The van der Waals surface area contributed by atoms with Gasteiger partial charge in [-0.3, -0.25) is 10.1 Å². The van der Waals surface area contributed by atoms with Crippen molar-refractivity contribution >= 4 is 5.82 Å². The lowest BCUT2D eigenvalue weighted by atomic mass is 9.96. The highest BCUT2D eigenvalue weighted by Gasteiger charge is 2.43. The van der Waals surface area contributed by atoms with E-state index in [2.05, 4.69) is 25.5 Å². The average molecular weight is 412 g/mol. The Bertz CT molecular complexity index is 1040. The molecule has 156 valence electrons. The Labute approximate surface area is 172 Å². The van der Waals surface area contributed by atoms with Crippen LogP contribution in [-0.2, 0) is 0 Å². The van der Waals surface area contributed by atoms with Gasteiger partial charge in [-0.25, -0.2) is 13.8 Å². The van der Waals surface area contributed by atoms with E-state index in [9.17, 15) is 13.9 Å². The number of fused-ring (bicyclic) bond motifs is 2. The molecule has 0 radical (unpaired) electrons. The molecule has 9 heteroatoms. The van der Waals surface area contributed by atoms with Gasteiger partial charge in [0, 0.05) is 42.0 Å². The smallest absolute Gasteiger partial charge is 0.147 e. The normalized spacial score (nSPS) is 25.4. The highest BCUT2D eigenvalue weighted by molar-refractivity contribution is 5.74. The number of phenols is 1. The van der Waals surface area contributed by atoms with E-state index in [1.165, 1.54) is 30.7 Å². The van der Waals surface area contributed by atoms with Crippen LogP contribution in [-0.4, -0.2) is 56.6 Å². The Kier molecular flexibility index (Phi) is 4.62. The minimum absolute atomic E-state index is 0.0999. The fourth-order valence-corrected chi connectivity index (χ4v) is 4.55. The van der Waals surface area contributed by atoms with E-state index in [1.807, 2.05) is 11.9 Å². The number of aromatic nitrogens is 4. The highest BCUT2D eigenvalue weighted by atomic mass is 19.1. The minimum atomic E-state index is -0.969. The Balaban J connectivity index is 1.39. The summed E-state index contributed by atoms with van der Waals surface area (Å²) in [4.78, 5) is 10.6. The first-order chi connectivity index (χ1) is 14.5. The summed E-state index contributed by atoms with van der Waals surface area (Å²) < 4.78 is 29.4. The molecule has 0 aliphatic carbocycles. The predicted octanol–water partition coefficient (Wildman–Crippen LogP) is 3.05. The summed E-state index contributed by atoms with van der Waals surface area (Å²) in [6.07, 6.45) is 7.65. The quantitative estimate of drug-likeness (QED) is 0.610. The predicted molar refractivity (Wildman–Crippen MR) is 108 cm³/mol. The Morgan fingerprint density at radius 2 is 2.00 bits per heavy atom. The molecular formula is C21H22F2N6O. The van der Waals surface area contributed by atoms with E-state index >= 15 is 0 Å². The summed E-state index contributed by atoms with van der Waals surface area (Å²) in [7, 11) is 1.82. The first-order valence-corrected chi connectivity index (χ1v) is 9.98. The summed E-state index contributed by atoms with van der Waals surface area (Å²) in [5, 5.41) is 20.2. The standard InChI is InChI=1S/C21H22F2N6O/c1-29(18-4-12-2-3-16(28-12)21(18)23)20-10-24-17(9-25-20)14-5-15(22)13(6-19(14)30)11-7-26-27-8-11/h5-10,12,16,18,21,28,30H,2-4H2,1H3,(H,26,27). The van der Waals surface area contributed by atoms with E-state index in [-0.39, 0.29) is 29.0 Å². The number of phenolic OH excluding ortho intramolecular Hbond substituents is 1. The lowest BCUT2D eigenvalue weighted by molar-refractivity contribution is 0.176. The van der Waals surface area contributed by atoms with Gasteiger partial charge in [-0.15, -0.1) is 0 Å². The molecule has 2 aromatic heterocycles. The summed E-state index contributed by atoms with van der Waals surface area (Å²) >= 11 is 0. The van der Waals surface area contributed by atoms with E-state index in [0.717, 1.165) is 19.3 Å². The number of aromatic hydroxyl groups is 1. The molecule has 2 aliphatic rings. The van der Waals surface area contributed by atoms with Crippen molar-refractivity contribution in [3.05, 3.63) is 42.7 Å².